The van der Waals surface area contributed by atoms with Gasteiger partial charge in [0, 0.05) is 61.6 Å². The van der Waals surface area contributed by atoms with E-state index in [1.807, 2.05) is 54.7 Å². The highest BCUT2D eigenvalue weighted by molar-refractivity contribution is 7.22. The van der Waals surface area contributed by atoms with Crippen molar-refractivity contribution in [2.45, 2.75) is 96.7 Å². The number of carbonyl (C=O) groups excluding carboxylic acids is 6. The maximum absolute atomic E-state index is 14.4. The monoisotopic (exact) mass is 1090 g/mol. The predicted octanol–water partition coefficient (Wildman–Crippen LogP) is 7.71. The minimum absolute atomic E-state index is 0.0695. The summed E-state index contributed by atoms with van der Waals surface area (Å²) in [5.41, 5.74) is 8.08. The molecule has 4 bridgehead atoms. The van der Waals surface area contributed by atoms with Crippen molar-refractivity contribution in [3.05, 3.63) is 124 Å². The number of amides is 6. The number of thiazole rings is 1. The first-order valence-corrected chi connectivity index (χ1v) is 28.7. The molecular weight excluding hydrogens is 1020 g/mol. The van der Waals surface area contributed by atoms with Crippen molar-refractivity contribution < 1.29 is 43.0 Å². The van der Waals surface area contributed by atoms with Crippen LogP contribution in [0.1, 0.15) is 122 Å². The van der Waals surface area contributed by atoms with E-state index >= 15 is 0 Å². The van der Waals surface area contributed by atoms with Gasteiger partial charge < -0.3 is 24.4 Å². The van der Waals surface area contributed by atoms with E-state index in [0.717, 1.165) is 72.9 Å². The van der Waals surface area contributed by atoms with Gasteiger partial charge in [0.05, 0.1) is 60.6 Å². The molecular formula is C60H65N9O9S. The highest BCUT2D eigenvalue weighted by Crippen LogP contribution is 2.60. The second kappa shape index (κ2) is 22.5. The van der Waals surface area contributed by atoms with Crippen LogP contribution in [0.5, 0.6) is 0 Å². The van der Waals surface area contributed by atoms with Crippen LogP contribution in [0.15, 0.2) is 79.0 Å². The molecule has 6 aromatic rings. The molecule has 6 amide bonds. The number of nitrogens with zero attached hydrogens (tertiary/aromatic N) is 6. The number of para-hydroxylation sites is 1. The third kappa shape index (κ3) is 11.0. The predicted molar refractivity (Wildman–Crippen MR) is 296 cm³/mol. The maximum Gasteiger partial charge on any atom is 0.270 e. The molecule has 4 aliphatic carbocycles. The van der Waals surface area contributed by atoms with Crippen molar-refractivity contribution in [1.29, 1.82) is 0 Å². The van der Waals surface area contributed by atoms with Gasteiger partial charge in [-0.05, 0) is 153 Å². The highest BCUT2D eigenvalue weighted by Gasteiger charge is 2.51. The number of fused-ring (bicyclic) bond motifs is 3. The van der Waals surface area contributed by atoms with E-state index in [2.05, 4.69) is 43.5 Å². The summed E-state index contributed by atoms with van der Waals surface area (Å²) >= 11 is 1.45. The molecule has 0 spiro atoms. The van der Waals surface area contributed by atoms with Crippen LogP contribution in [0.3, 0.4) is 0 Å². The molecule has 5 fully saturated rings. The lowest BCUT2D eigenvalue weighted by Gasteiger charge is -2.56. The van der Waals surface area contributed by atoms with Crippen LogP contribution in [0.4, 0.5) is 10.9 Å². The fourth-order valence-corrected chi connectivity index (χ4v) is 14.5. The van der Waals surface area contributed by atoms with Crippen LogP contribution in [0.25, 0.3) is 21.3 Å². The van der Waals surface area contributed by atoms with E-state index in [1.54, 1.807) is 18.2 Å². The second-order valence-electron chi connectivity index (χ2n) is 22.4. The van der Waals surface area contributed by atoms with Crippen molar-refractivity contribution in [3.63, 3.8) is 0 Å². The molecule has 79 heavy (non-hydrogen) atoms. The van der Waals surface area contributed by atoms with Gasteiger partial charge in [-0.2, -0.15) is 5.10 Å². The van der Waals surface area contributed by atoms with Gasteiger partial charge >= 0.3 is 0 Å². The molecule has 0 radical (unpaired) electrons. The van der Waals surface area contributed by atoms with Gasteiger partial charge in [0.2, 0.25) is 11.8 Å². The molecule has 19 heteroatoms. The van der Waals surface area contributed by atoms with E-state index in [1.165, 1.54) is 49.9 Å². The first-order chi connectivity index (χ1) is 38.5. The smallest absolute Gasteiger partial charge is 0.270 e. The summed E-state index contributed by atoms with van der Waals surface area (Å²) in [6.45, 7) is 6.54. The molecule has 7 aliphatic rings. The zero-order chi connectivity index (χ0) is 54.2. The molecule has 3 N–H and O–H groups in total. The Labute approximate surface area is 462 Å². The van der Waals surface area contributed by atoms with Crippen LogP contribution in [0.2, 0.25) is 0 Å². The fourth-order valence-electron chi connectivity index (χ4n) is 13.7. The Balaban J connectivity index is 0.635. The average Bonchev–Trinajstić information content (AvgIpc) is 4.24. The summed E-state index contributed by atoms with van der Waals surface area (Å²) in [5.74, 6) is 0.530. The van der Waals surface area contributed by atoms with E-state index in [4.69, 9.17) is 24.3 Å². The first kappa shape index (κ1) is 52.5. The molecule has 3 aromatic carbocycles. The number of imide groups is 2. The number of carbonyl (C=O) groups is 6. The molecule has 1 unspecified atom stereocenters. The van der Waals surface area contributed by atoms with Crippen LogP contribution in [-0.2, 0) is 49.7 Å². The Morgan fingerprint density at radius 3 is 2.28 bits per heavy atom. The maximum atomic E-state index is 14.4. The van der Waals surface area contributed by atoms with E-state index in [-0.39, 0.29) is 54.3 Å². The average molecular weight is 1090 g/mol. The van der Waals surface area contributed by atoms with Crippen LogP contribution in [-0.4, -0.2) is 119 Å². The largest absolute Gasteiger partial charge is 0.379 e. The summed E-state index contributed by atoms with van der Waals surface area (Å²) in [6, 6.07) is 21.8. The molecule has 3 aromatic heterocycles. The van der Waals surface area contributed by atoms with Gasteiger partial charge in [-0.1, -0.05) is 41.7 Å². The Morgan fingerprint density at radius 2 is 1.51 bits per heavy atom. The summed E-state index contributed by atoms with van der Waals surface area (Å²) in [7, 11) is 0. The summed E-state index contributed by atoms with van der Waals surface area (Å²) in [4.78, 5) is 91.4. The number of hydrogen-bond donors (Lipinski definition) is 3. The van der Waals surface area contributed by atoms with Gasteiger partial charge in [-0.15, -0.1) is 0 Å². The van der Waals surface area contributed by atoms with E-state index < -0.39 is 29.7 Å². The molecule has 6 heterocycles. The number of aryl methyl sites for hydroxylation is 1. The Kier molecular flexibility index (Phi) is 15.0. The van der Waals surface area contributed by atoms with Crippen molar-refractivity contribution in [1.82, 2.24) is 35.3 Å². The molecule has 3 aliphatic heterocycles. The van der Waals surface area contributed by atoms with Gasteiger partial charge in [0.15, 0.2) is 5.13 Å². The number of aromatic nitrogens is 4. The zero-order valence-electron chi connectivity index (χ0n) is 44.4. The number of benzene rings is 3. The van der Waals surface area contributed by atoms with E-state index in [9.17, 15) is 28.8 Å². The van der Waals surface area contributed by atoms with Crippen molar-refractivity contribution in [2.75, 3.05) is 62.9 Å². The number of anilines is 2. The third-order valence-electron chi connectivity index (χ3n) is 17.0. The summed E-state index contributed by atoms with van der Waals surface area (Å²) in [5, 5.41) is 13.9. The highest BCUT2D eigenvalue weighted by atomic mass is 32.1. The lowest BCUT2D eigenvalue weighted by atomic mass is 9.49. The van der Waals surface area contributed by atoms with Gasteiger partial charge in [0.1, 0.15) is 17.6 Å². The number of piperidine rings is 1. The van der Waals surface area contributed by atoms with Crippen LogP contribution >= 0.6 is 11.3 Å². The number of hydrogen-bond acceptors (Lipinski definition) is 14. The SMILES string of the molecule is Cc1c(-c2ccc(N3CCc4cccc(C(=O)Nc5nc6ccccc6s5)c4C3)nc2C(=O)NCCOCCOCCOCCCc2ccc3c(c2)C(=O)N(C2CCC(=O)NC2=O)C3=O)cnn1CC12CC3CC(CC(C3)C1)C2. The van der Waals surface area contributed by atoms with Crippen LogP contribution in [0, 0.1) is 30.1 Å². The minimum Gasteiger partial charge on any atom is -0.379 e. The summed E-state index contributed by atoms with van der Waals surface area (Å²) in [6.07, 6.45) is 12.1. The number of ether oxygens (including phenoxy) is 3. The lowest BCUT2D eigenvalue weighted by molar-refractivity contribution is -0.136. The molecule has 13 rings (SSSR count). The molecule has 1 atom stereocenters. The number of pyridine rings is 1. The Hall–Kier alpha value is -7.19. The fraction of sp³-hybridized carbons (Fsp3) is 0.450. The van der Waals surface area contributed by atoms with Gasteiger partial charge in [-0.25, -0.2) is 9.97 Å². The molecule has 18 nitrogen and oxygen atoms in total. The molecule has 4 saturated carbocycles. The minimum atomic E-state index is -0.998. The number of nitrogens with one attached hydrogen (secondary N) is 3. The van der Waals surface area contributed by atoms with Crippen LogP contribution < -0.4 is 20.9 Å². The zero-order valence-corrected chi connectivity index (χ0v) is 45.2. The standard InChI is InChI=1S/C60H65N9O9S/c1-36-46(33-62-68(36)35-60-30-38-26-39(31-60)28-40(27-38)32-60)42-13-15-51(67-19-17-41-7-4-8-43(47(41)34-67)54(71)66-59-63-48-9-2-3-10-50(48)79-59)64-53(42)56(73)61-18-21-77-23-25-78-24-22-76-20-5-6-37-11-12-44-45(29-37)58(75)69(57(44)74)49-14-16-52(70)65-55(49)72/h2-4,7-13,15,29,33,38-40,49H,5-6,14,16-28,30-32,34-35H2,1H3,(H,61,73)(H,63,66,71)(H,65,70,72). The van der Waals surface area contributed by atoms with Gasteiger partial charge in [0.25, 0.3) is 23.6 Å². The van der Waals surface area contributed by atoms with E-state index in [0.29, 0.717) is 87.6 Å². The quantitative estimate of drug-likeness (QED) is 0.0466. The normalized spacial score (nSPS) is 22.1. The molecule has 1 saturated heterocycles. The number of rotatable bonds is 21. The summed E-state index contributed by atoms with van der Waals surface area (Å²) < 4.78 is 20.6. The Morgan fingerprint density at radius 1 is 0.772 bits per heavy atom. The second-order valence-corrected chi connectivity index (χ2v) is 23.4. The Bertz CT molecular complexity index is 3300. The first-order valence-electron chi connectivity index (χ1n) is 27.9. The van der Waals surface area contributed by atoms with Crippen molar-refractivity contribution >= 4 is 67.9 Å². The third-order valence-corrected chi connectivity index (χ3v) is 18.0. The topological polar surface area (TPSA) is 216 Å². The molecule has 410 valence electrons. The lowest BCUT2D eigenvalue weighted by Crippen LogP contribution is -2.54. The van der Waals surface area contributed by atoms with Crippen molar-refractivity contribution in [2.24, 2.45) is 23.2 Å². The van der Waals surface area contributed by atoms with Crippen molar-refractivity contribution in [3.8, 4) is 11.1 Å². The van der Waals surface area contributed by atoms with Gasteiger partial charge in [-0.3, -0.25) is 49.0 Å².